The second-order valence-electron chi connectivity index (χ2n) is 11.2. The summed E-state index contributed by atoms with van der Waals surface area (Å²) in [6, 6.07) is 0. The zero-order valence-electron chi connectivity index (χ0n) is 24.1. The van der Waals surface area contributed by atoms with Gasteiger partial charge in [-0.3, -0.25) is 0 Å². The van der Waals surface area contributed by atoms with Crippen molar-refractivity contribution >= 4 is 5.97 Å². The molecule has 0 spiro atoms. The third-order valence-corrected chi connectivity index (χ3v) is 7.85. The molecule has 242 valence electrons. The van der Waals surface area contributed by atoms with Crippen molar-refractivity contribution in [3.8, 4) is 0 Å². The Morgan fingerprint density at radius 3 is 1.90 bits per heavy atom. The summed E-state index contributed by atoms with van der Waals surface area (Å²) in [4.78, 5) is 12.1. The van der Waals surface area contributed by atoms with Crippen LogP contribution in [0.3, 0.4) is 0 Å². The topological polar surface area (TPSA) is 196 Å². The van der Waals surface area contributed by atoms with E-state index in [1.165, 1.54) is 44.9 Å². The second kappa shape index (κ2) is 18.6. The zero-order valence-corrected chi connectivity index (χ0v) is 24.1. The van der Waals surface area contributed by atoms with Crippen molar-refractivity contribution < 1.29 is 63.9 Å². The number of alkyl halides is 1. The Hall–Kier alpha value is -1.00. The predicted molar refractivity (Wildman–Crippen MR) is 143 cm³/mol. The van der Waals surface area contributed by atoms with Crippen LogP contribution in [0.1, 0.15) is 90.4 Å². The molecule has 0 aliphatic carbocycles. The van der Waals surface area contributed by atoms with E-state index in [1.54, 1.807) is 0 Å². The van der Waals surface area contributed by atoms with Gasteiger partial charge in [0, 0.05) is 0 Å². The van der Waals surface area contributed by atoms with Crippen LogP contribution in [0.25, 0.3) is 0 Å². The lowest BCUT2D eigenvalue weighted by Crippen LogP contribution is -2.62. The number of halogens is 1. The van der Waals surface area contributed by atoms with Crippen LogP contribution in [-0.4, -0.2) is 123 Å². The molecular weight excluding hydrogens is 547 g/mol. The van der Waals surface area contributed by atoms with E-state index in [2.05, 4.69) is 6.92 Å². The lowest BCUT2D eigenvalue weighted by molar-refractivity contribution is -0.383. The number of aliphatic hydroxyl groups is 7. The molecule has 12 nitrogen and oxygen atoms in total. The lowest BCUT2D eigenvalue weighted by atomic mass is 9.99. The third kappa shape index (κ3) is 10.6. The minimum absolute atomic E-state index is 0.00619. The zero-order chi connectivity index (χ0) is 30.4. The molecule has 2 aliphatic rings. The number of hydrogen-bond acceptors (Lipinski definition) is 12. The van der Waals surface area contributed by atoms with Gasteiger partial charge in [0.25, 0.3) is 0 Å². The summed E-state index contributed by atoms with van der Waals surface area (Å²) in [7, 11) is 0. The fraction of sp³-hybridized carbons (Fsp3) is 0.964. The Labute approximate surface area is 241 Å². The quantitative estimate of drug-likeness (QED) is 0.0762. The first kappa shape index (κ1) is 36.2. The largest absolute Gasteiger partial charge is 0.461 e. The summed E-state index contributed by atoms with van der Waals surface area (Å²) in [6.45, 7) is -0.258. The van der Waals surface area contributed by atoms with Crippen molar-refractivity contribution in [1.82, 2.24) is 0 Å². The van der Waals surface area contributed by atoms with Crippen LogP contribution in [0.2, 0.25) is 0 Å². The van der Waals surface area contributed by atoms with Crippen molar-refractivity contribution in [2.24, 2.45) is 0 Å². The number of rotatable bonds is 20. The predicted octanol–water partition coefficient (Wildman–Crippen LogP) is 0.585. The maximum atomic E-state index is 14.4. The van der Waals surface area contributed by atoms with Crippen LogP contribution in [0, 0.1) is 0 Å². The maximum absolute atomic E-state index is 14.4. The van der Waals surface area contributed by atoms with Crippen molar-refractivity contribution in [3.05, 3.63) is 0 Å². The summed E-state index contributed by atoms with van der Waals surface area (Å²) >= 11 is 0. The molecule has 2 fully saturated rings. The van der Waals surface area contributed by atoms with Crippen molar-refractivity contribution in [2.45, 2.75) is 151 Å². The normalized spacial score (nSPS) is 34.6. The van der Waals surface area contributed by atoms with Gasteiger partial charge in [0.1, 0.15) is 55.9 Å². The van der Waals surface area contributed by atoms with Crippen LogP contribution >= 0.6 is 0 Å². The number of unbranched alkanes of at least 4 members (excludes halogenated alkanes) is 11. The summed E-state index contributed by atoms with van der Waals surface area (Å²) in [5.41, 5.74) is 0. The molecule has 0 aromatic carbocycles. The van der Waals surface area contributed by atoms with Crippen LogP contribution in [0.5, 0.6) is 0 Å². The van der Waals surface area contributed by atoms with Crippen LogP contribution < -0.4 is 0 Å². The highest BCUT2D eigenvalue weighted by molar-refractivity contribution is 5.74. The van der Waals surface area contributed by atoms with Crippen LogP contribution in [0.4, 0.5) is 4.39 Å². The van der Waals surface area contributed by atoms with E-state index in [9.17, 15) is 44.9 Å². The van der Waals surface area contributed by atoms with Gasteiger partial charge in [-0.15, -0.1) is 0 Å². The molecule has 0 aromatic rings. The molecular formula is C28H51FO12. The number of carbonyl (C=O) groups excluding carboxylic acids is 1. The van der Waals surface area contributed by atoms with E-state index in [1.807, 2.05) is 0 Å². The van der Waals surface area contributed by atoms with E-state index in [-0.39, 0.29) is 6.42 Å². The molecule has 41 heavy (non-hydrogen) atoms. The average molecular weight is 599 g/mol. The highest BCUT2D eigenvalue weighted by Crippen LogP contribution is 2.36. The van der Waals surface area contributed by atoms with Crippen molar-refractivity contribution in [1.29, 1.82) is 0 Å². The molecule has 2 rings (SSSR count). The molecule has 10 atom stereocenters. The molecule has 2 heterocycles. The molecule has 2 aliphatic heterocycles. The Morgan fingerprint density at radius 2 is 1.37 bits per heavy atom. The summed E-state index contributed by atoms with van der Waals surface area (Å²) < 4.78 is 35.3. The number of esters is 1. The Balaban J connectivity index is 1.70. The Bertz CT molecular complexity index is 730. The van der Waals surface area contributed by atoms with Crippen molar-refractivity contribution in [2.75, 3.05) is 19.8 Å². The fourth-order valence-corrected chi connectivity index (χ4v) is 5.16. The van der Waals surface area contributed by atoms with Gasteiger partial charge in [0.2, 0.25) is 5.79 Å². The number of carbonyl (C=O) groups is 1. The van der Waals surface area contributed by atoms with E-state index in [4.69, 9.17) is 18.9 Å². The minimum Gasteiger partial charge on any atom is -0.461 e. The third-order valence-electron chi connectivity index (χ3n) is 7.85. The minimum atomic E-state index is -2.38. The molecule has 2 saturated heterocycles. The van der Waals surface area contributed by atoms with E-state index in [0.717, 1.165) is 25.7 Å². The van der Waals surface area contributed by atoms with Gasteiger partial charge in [0.05, 0.1) is 6.61 Å². The Kier molecular flexibility index (Phi) is 16.4. The van der Waals surface area contributed by atoms with Crippen LogP contribution in [0.15, 0.2) is 0 Å². The standard InChI is InChI=1S/C28H51FO12/c1-2-3-4-5-6-7-8-9-10-11-12-13-14-18(29)26(37)38-16-20-22(33)25(36)28(17-31,40-20)41-27-24(35)23(34)21(32)19(15-30)39-27/h18-25,27,30-36H,2-17H2,1H3/t18-,19-,20-,21+,22-,23+,24+,25-,27+,28+/m0/s1. The van der Waals surface area contributed by atoms with Gasteiger partial charge in [-0.05, 0) is 12.8 Å². The molecule has 0 bridgehead atoms. The lowest BCUT2D eigenvalue weighted by Gasteiger charge is -2.43. The van der Waals surface area contributed by atoms with Gasteiger partial charge in [-0.25, -0.2) is 9.18 Å². The van der Waals surface area contributed by atoms with E-state index < -0.39 is 86.8 Å². The summed E-state index contributed by atoms with van der Waals surface area (Å²) in [5.74, 6) is -3.52. The van der Waals surface area contributed by atoms with E-state index >= 15 is 0 Å². The maximum Gasteiger partial charge on any atom is 0.340 e. The molecule has 0 aromatic heterocycles. The molecule has 13 heteroatoms. The Morgan fingerprint density at radius 1 is 0.805 bits per heavy atom. The van der Waals surface area contributed by atoms with Gasteiger partial charge in [-0.2, -0.15) is 0 Å². The highest BCUT2D eigenvalue weighted by Gasteiger charge is 2.58. The first-order valence-corrected chi connectivity index (χ1v) is 15.1. The fourth-order valence-electron chi connectivity index (χ4n) is 5.16. The van der Waals surface area contributed by atoms with Crippen molar-refractivity contribution in [3.63, 3.8) is 0 Å². The number of ether oxygens (including phenoxy) is 4. The summed E-state index contributed by atoms with van der Waals surface area (Å²) in [5, 5.41) is 70.2. The second-order valence-corrected chi connectivity index (χ2v) is 11.2. The number of aliphatic hydroxyl groups excluding tert-OH is 7. The van der Waals surface area contributed by atoms with Gasteiger partial charge in [0.15, 0.2) is 12.5 Å². The smallest absolute Gasteiger partial charge is 0.340 e. The van der Waals surface area contributed by atoms with Crippen LogP contribution in [-0.2, 0) is 23.7 Å². The molecule has 0 saturated carbocycles. The number of hydrogen-bond donors (Lipinski definition) is 7. The van der Waals surface area contributed by atoms with E-state index in [0.29, 0.717) is 6.42 Å². The monoisotopic (exact) mass is 598 g/mol. The van der Waals surface area contributed by atoms with Gasteiger partial charge < -0.3 is 54.7 Å². The first-order chi connectivity index (χ1) is 19.6. The van der Waals surface area contributed by atoms with Gasteiger partial charge in [-0.1, -0.05) is 77.6 Å². The highest BCUT2D eigenvalue weighted by atomic mass is 19.1. The summed E-state index contributed by atoms with van der Waals surface area (Å²) in [6.07, 6.45) is -2.01. The molecule has 0 unspecified atom stereocenters. The first-order valence-electron chi connectivity index (χ1n) is 15.1. The molecule has 0 amide bonds. The molecule has 0 radical (unpaired) electrons. The van der Waals surface area contributed by atoms with Gasteiger partial charge >= 0.3 is 5.97 Å². The average Bonchev–Trinajstić information content (AvgIpc) is 3.21. The molecule has 7 N–H and O–H groups in total. The SMILES string of the molecule is CCCCCCCCCCCCCC[C@H](F)C(=O)OC[C@@H]1O[C@](CO)(O[C@H]2O[C@@H](CO)[C@@H](O)[C@@H](O)[C@H]2O)[C@@H](O)[C@H]1O.